The van der Waals surface area contributed by atoms with Crippen molar-refractivity contribution in [2.45, 2.75) is 0 Å². The van der Waals surface area contributed by atoms with E-state index in [0.29, 0.717) is 27.0 Å². The van der Waals surface area contributed by atoms with Crippen LogP contribution in [0.25, 0.3) is 0 Å². The van der Waals surface area contributed by atoms with E-state index < -0.39 is 4.92 Å². The number of nitro benzene ring substituents is 1. The molecule has 0 spiro atoms. The second kappa shape index (κ2) is 7.11. The second-order valence-corrected chi connectivity index (χ2v) is 5.01. The molecular formula is C14H11Cl2N3O3. The maximum Gasteiger partial charge on any atom is 0.271 e. The van der Waals surface area contributed by atoms with Gasteiger partial charge in [0.05, 0.1) is 34.0 Å². The van der Waals surface area contributed by atoms with Crippen LogP contribution in [-0.4, -0.2) is 18.2 Å². The van der Waals surface area contributed by atoms with Crippen LogP contribution < -0.4 is 10.2 Å². The van der Waals surface area contributed by atoms with Crippen LogP contribution in [0.2, 0.25) is 10.0 Å². The summed E-state index contributed by atoms with van der Waals surface area (Å²) in [4.78, 5) is 10.2. The van der Waals surface area contributed by atoms with Crippen molar-refractivity contribution in [1.29, 1.82) is 0 Å². The van der Waals surface area contributed by atoms with Crippen molar-refractivity contribution >= 4 is 40.8 Å². The summed E-state index contributed by atoms with van der Waals surface area (Å²) in [6.07, 6.45) is 1.50. The Morgan fingerprint density at radius 3 is 2.55 bits per heavy atom. The average molecular weight is 340 g/mol. The predicted octanol–water partition coefficient (Wildman–Crippen LogP) is 4.36. The van der Waals surface area contributed by atoms with Gasteiger partial charge in [0.25, 0.3) is 5.69 Å². The van der Waals surface area contributed by atoms with Crippen molar-refractivity contribution in [2.24, 2.45) is 5.10 Å². The molecular weight excluding hydrogens is 329 g/mol. The first-order valence-corrected chi connectivity index (χ1v) is 6.83. The number of halogens is 2. The summed E-state index contributed by atoms with van der Waals surface area (Å²) in [6, 6.07) is 9.30. The van der Waals surface area contributed by atoms with Gasteiger partial charge in [0.1, 0.15) is 0 Å². The average Bonchev–Trinajstić information content (AvgIpc) is 2.47. The van der Waals surface area contributed by atoms with Gasteiger partial charge in [-0.2, -0.15) is 5.10 Å². The molecule has 0 saturated carbocycles. The normalized spacial score (nSPS) is 10.7. The standard InChI is InChI=1S/C14H11Cl2N3O3/c1-22-14-12(15)5-9(6-13(14)16)8-17-18-10-3-2-4-11(7-10)19(20)21/h2-8,18H,1H3. The zero-order chi connectivity index (χ0) is 16.1. The molecule has 1 N–H and O–H groups in total. The minimum atomic E-state index is -0.474. The molecule has 6 nitrogen and oxygen atoms in total. The molecule has 114 valence electrons. The summed E-state index contributed by atoms with van der Waals surface area (Å²) in [5.41, 5.74) is 3.84. The quantitative estimate of drug-likeness (QED) is 0.498. The first kappa shape index (κ1) is 16.1. The molecule has 0 unspecified atom stereocenters. The van der Waals surface area contributed by atoms with E-state index in [9.17, 15) is 10.1 Å². The number of methoxy groups -OCH3 is 1. The summed E-state index contributed by atoms with van der Waals surface area (Å²) >= 11 is 12.0. The molecule has 0 fully saturated rings. The van der Waals surface area contributed by atoms with Crippen molar-refractivity contribution in [2.75, 3.05) is 12.5 Å². The number of ether oxygens (including phenoxy) is 1. The van der Waals surface area contributed by atoms with Crippen LogP contribution in [0.5, 0.6) is 5.75 Å². The number of benzene rings is 2. The summed E-state index contributed by atoms with van der Waals surface area (Å²) < 4.78 is 5.05. The molecule has 0 aliphatic rings. The number of nitro groups is 1. The third-order valence-electron chi connectivity index (χ3n) is 2.69. The monoisotopic (exact) mass is 339 g/mol. The highest BCUT2D eigenvalue weighted by Gasteiger charge is 2.07. The Kier molecular flexibility index (Phi) is 5.19. The lowest BCUT2D eigenvalue weighted by Crippen LogP contribution is -1.94. The first-order valence-electron chi connectivity index (χ1n) is 6.08. The van der Waals surface area contributed by atoms with Crippen LogP contribution in [0.4, 0.5) is 11.4 Å². The number of hydrogen-bond acceptors (Lipinski definition) is 5. The van der Waals surface area contributed by atoms with E-state index in [0.717, 1.165) is 0 Å². The van der Waals surface area contributed by atoms with Crippen LogP contribution in [0, 0.1) is 10.1 Å². The van der Waals surface area contributed by atoms with E-state index in [-0.39, 0.29) is 5.69 Å². The fraction of sp³-hybridized carbons (Fsp3) is 0.0714. The lowest BCUT2D eigenvalue weighted by molar-refractivity contribution is -0.384. The molecule has 2 aromatic rings. The van der Waals surface area contributed by atoms with Crippen molar-refractivity contribution in [3.63, 3.8) is 0 Å². The van der Waals surface area contributed by atoms with Crippen LogP contribution in [0.15, 0.2) is 41.5 Å². The zero-order valence-corrected chi connectivity index (χ0v) is 12.9. The zero-order valence-electron chi connectivity index (χ0n) is 11.4. The summed E-state index contributed by atoms with van der Waals surface area (Å²) in [5.74, 6) is 0.395. The van der Waals surface area contributed by atoms with Gasteiger partial charge in [0.15, 0.2) is 5.75 Å². The topological polar surface area (TPSA) is 76.8 Å². The molecule has 0 amide bonds. The molecule has 2 aromatic carbocycles. The Morgan fingerprint density at radius 1 is 1.27 bits per heavy atom. The highest BCUT2D eigenvalue weighted by molar-refractivity contribution is 6.37. The lowest BCUT2D eigenvalue weighted by atomic mass is 10.2. The number of hydrogen-bond donors (Lipinski definition) is 1. The van der Waals surface area contributed by atoms with Gasteiger partial charge in [0.2, 0.25) is 0 Å². The molecule has 0 atom stereocenters. The Labute approximate surface area is 136 Å². The number of nitrogens with one attached hydrogen (secondary N) is 1. The molecule has 0 aromatic heterocycles. The van der Waals surface area contributed by atoms with E-state index in [4.69, 9.17) is 27.9 Å². The van der Waals surface area contributed by atoms with Gasteiger partial charge in [-0.15, -0.1) is 0 Å². The van der Waals surface area contributed by atoms with Crippen molar-refractivity contribution in [3.8, 4) is 5.75 Å². The maximum atomic E-state index is 10.7. The van der Waals surface area contributed by atoms with Crippen molar-refractivity contribution < 1.29 is 9.66 Å². The second-order valence-electron chi connectivity index (χ2n) is 4.20. The molecule has 0 aliphatic heterocycles. The van der Waals surface area contributed by atoms with Gasteiger partial charge in [-0.25, -0.2) is 0 Å². The van der Waals surface area contributed by atoms with Crippen LogP contribution in [0.1, 0.15) is 5.56 Å². The molecule has 0 radical (unpaired) electrons. The van der Waals surface area contributed by atoms with E-state index in [1.165, 1.54) is 25.5 Å². The summed E-state index contributed by atoms with van der Waals surface area (Å²) in [5, 5.41) is 15.4. The number of anilines is 1. The Hall–Kier alpha value is -2.31. The molecule has 0 bridgehead atoms. The summed E-state index contributed by atoms with van der Waals surface area (Å²) in [6.45, 7) is 0. The molecule has 0 aliphatic carbocycles. The number of hydrazone groups is 1. The minimum absolute atomic E-state index is 0.0178. The molecule has 8 heteroatoms. The first-order chi connectivity index (χ1) is 10.5. The fourth-order valence-corrected chi connectivity index (χ4v) is 2.38. The maximum absolute atomic E-state index is 10.7. The summed E-state index contributed by atoms with van der Waals surface area (Å²) in [7, 11) is 1.48. The van der Waals surface area contributed by atoms with Crippen LogP contribution in [-0.2, 0) is 0 Å². The van der Waals surface area contributed by atoms with Gasteiger partial charge in [-0.1, -0.05) is 29.3 Å². The third-order valence-corrected chi connectivity index (χ3v) is 3.25. The van der Waals surface area contributed by atoms with Gasteiger partial charge >= 0.3 is 0 Å². The smallest absolute Gasteiger partial charge is 0.271 e. The highest BCUT2D eigenvalue weighted by Crippen LogP contribution is 2.33. The van der Waals surface area contributed by atoms with Crippen LogP contribution >= 0.6 is 23.2 Å². The van der Waals surface area contributed by atoms with Crippen molar-refractivity contribution in [3.05, 3.63) is 62.1 Å². The largest absolute Gasteiger partial charge is 0.494 e. The fourth-order valence-electron chi connectivity index (χ4n) is 1.72. The Morgan fingerprint density at radius 2 is 1.95 bits per heavy atom. The molecule has 22 heavy (non-hydrogen) atoms. The molecule has 0 saturated heterocycles. The molecule has 0 heterocycles. The molecule has 2 rings (SSSR count). The number of nitrogens with zero attached hydrogens (tertiary/aromatic N) is 2. The Balaban J connectivity index is 2.13. The van der Waals surface area contributed by atoms with Gasteiger partial charge < -0.3 is 4.74 Å². The van der Waals surface area contributed by atoms with E-state index in [1.807, 2.05) is 0 Å². The van der Waals surface area contributed by atoms with Crippen LogP contribution in [0.3, 0.4) is 0 Å². The predicted molar refractivity (Wildman–Crippen MR) is 87.3 cm³/mol. The highest BCUT2D eigenvalue weighted by atomic mass is 35.5. The number of non-ortho nitro benzene ring substituents is 1. The Bertz CT molecular complexity index is 712. The number of rotatable bonds is 5. The van der Waals surface area contributed by atoms with E-state index >= 15 is 0 Å². The van der Waals surface area contributed by atoms with E-state index in [1.54, 1.807) is 24.3 Å². The van der Waals surface area contributed by atoms with Gasteiger partial charge in [0, 0.05) is 12.1 Å². The minimum Gasteiger partial charge on any atom is -0.494 e. The lowest BCUT2D eigenvalue weighted by Gasteiger charge is -2.06. The van der Waals surface area contributed by atoms with Gasteiger partial charge in [-0.3, -0.25) is 15.5 Å². The van der Waals surface area contributed by atoms with E-state index in [2.05, 4.69) is 10.5 Å². The SMILES string of the molecule is COc1c(Cl)cc(C=NNc2cccc([N+](=O)[O-])c2)cc1Cl. The van der Waals surface area contributed by atoms with Crippen molar-refractivity contribution in [1.82, 2.24) is 0 Å². The third kappa shape index (κ3) is 3.87. The van der Waals surface area contributed by atoms with Gasteiger partial charge in [-0.05, 0) is 23.8 Å².